The number of hydrogen-bond acceptors (Lipinski definition) is 7. The van der Waals surface area contributed by atoms with Crippen molar-refractivity contribution < 1.29 is 18.8 Å². The summed E-state index contributed by atoms with van der Waals surface area (Å²) < 4.78 is 22.0. The third-order valence-corrected chi connectivity index (χ3v) is 3.86. The maximum Gasteiger partial charge on any atom is 0.325 e. The number of hydrogen-bond donors (Lipinski definition) is 2. The molecule has 0 atom stereocenters. The standard InChI is InChI=1S/C17H17FN6O3/c1-9-6-10-12(24(9)17(25)20-2)4-5-13(14(10)18)27-16-11(7-23-26-3)15(19)21-8-22-16/h4-8H,1-3H3,(H,20,25)(H2,19,21,22)/b23-7+. The Bertz CT molecular complexity index is 1050. The molecular weight excluding hydrogens is 355 g/mol. The van der Waals surface area contributed by atoms with Crippen molar-refractivity contribution in [1.29, 1.82) is 0 Å². The van der Waals surface area contributed by atoms with Crippen molar-refractivity contribution in [2.24, 2.45) is 5.16 Å². The van der Waals surface area contributed by atoms with E-state index in [1.54, 1.807) is 19.1 Å². The van der Waals surface area contributed by atoms with Crippen molar-refractivity contribution in [3.8, 4) is 11.6 Å². The Balaban J connectivity index is 2.07. The van der Waals surface area contributed by atoms with Crippen molar-refractivity contribution in [2.45, 2.75) is 6.92 Å². The molecule has 0 aliphatic rings. The van der Waals surface area contributed by atoms with Gasteiger partial charge in [0, 0.05) is 18.1 Å². The van der Waals surface area contributed by atoms with E-state index in [2.05, 4.69) is 25.3 Å². The minimum Gasteiger partial charge on any atom is -0.435 e. The number of anilines is 1. The first-order valence-electron chi connectivity index (χ1n) is 7.85. The van der Waals surface area contributed by atoms with Crippen LogP contribution in [0.4, 0.5) is 15.0 Å². The molecule has 0 aliphatic carbocycles. The highest BCUT2D eigenvalue weighted by atomic mass is 19.1. The normalized spacial score (nSPS) is 11.1. The van der Waals surface area contributed by atoms with Crippen LogP contribution in [0.15, 0.2) is 29.7 Å². The average molecular weight is 372 g/mol. The lowest BCUT2D eigenvalue weighted by atomic mass is 10.2. The number of carbonyl (C=O) groups excluding carboxylic acids is 1. The van der Waals surface area contributed by atoms with Gasteiger partial charge in [0.25, 0.3) is 0 Å². The Labute approximate surface area is 153 Å². The van der Waals surface area contributed by atoms with Gasteiger partial charge in [0.2, 0.25) is 5.88 Å². The Morgan fingerprint density at radius 1 is 1.41 bits per heavy atom. The monoisotopic (exact) mass is 372 g/mol. The van der Waals surface area contributed by atoms with Gasteiger partial charge in [-0.1, -0.05) is 5.16 Å². The van der Waals surface area contributed by atoms with Crippen molar-refractivity contribution in [1.82, 2.24) is 19.9 Å². The van der Waals surface area contributed by atoms with E-state index in [4.69, 9.17) is 10.5 Å². The van der Waals surface area contributed by atoms with Crippen LogP contribution >= 0.6 is 0 Å². The summed E-state index contributed by atoms with van der Waals surface area (Å²) in [5.74, 6) is -0.598. The SMILES string of the molecule is CNC(=O)n1c(C)cc2c(F)c(Oc3ncnc(N)c3/C=N/OC)ccc21. The topological polar surface area (TPSA) is 117 Å². The fourth-order valence-electron chi connectivity index (χ4n) is 2.62. The van der Waals surface area contributed by atoms with Crippen LogP contribution in [0.1, 0.15) is 11.3 Å². The molecule has 3 N–H and O–H groups in total. The van der Waals surface area contributed by atoms with Gasteiger partial charge in [-0.05, 0) is 25.1 Å². The minimum absolute atomic E-state index is 0.0176. The number of nitrogen functional groups attached to an aromatic ring is 1. The molecule has 0 spiro atoms. The van der Waals surface area contributed by atoms with Crippen LogP contribution in [0.2, 0.25) is 0 Å². The number of aryl methyl sites for hydroxylation is 1. The number of halogens is 1. The lowest BCUT2D eigenvalue weighted by Crippen LogP contribution is -2.25. The zero-order valence-electron chi connectivity index (χ0n) is 14.9. The second kappa shape index (κ2) is 7.28. The van der Waals surface area contributed by atoms with Crippen LogP contribution in [-0.2, 0) is 4.84 Å². The van der Waals surface area contributed by atoms with Gasteiger partial charge in [-0.2, -0.15) is 0 Å². The molecule has 0 fully saturated rings. The largest absolute Gasteiger partial charge is 0.435 e. The number of carbonyl (C=O) groups is 1. The van der Waals surface area contributed by atoms with Crippen LogP contribution in [-0.4, -0.2) is 40.9 Å². The summed E-state index contributed by atoms with van der Waals surface area (Å²) in [6.07, 6.45) is 2.46. The molecule has 3 aromatic rings. The molecule has 9 nitrogen and oxygen atoms in total. The molecule has 10 heteroatoms. The van der Waals surface area contributed by atoms with E-state index in [0.717, 1.165) is 0 Å². The minimum atomic E-state index is -0.634. The molecule has 1 amide bonds. The van der Waals surface area contributed by atoms with E-state index in [9.17, 15) is 9.18 Å². The molecule has 0 saturated carbocycles. The third-order valence-electron chi connectivity index (χ3n) is 3.86. The van der Waals surface area contributed by atoms with Crippen molar-refractivity contribution in [3.63, 3.8) is 0 Å². The van der Waals surface area contributed by atoms with Crippen LogP contribution in [0.25, 0.3) is 10.9 Å². The van der Waals surface area contributed by atoms with Crippen molar-refractivity contribution in [2.75, 3.05) is 19.9 Å². The number of rotatable bonds is 4. The van der Waals surface area contributed by atoms with Gasteiger partial charge in [0.1, 0.15) is 24.8 Å². The van der Waals surface area contributed by atoms with Crippen LogP contribution in [0, 0.1) is 12.7 Å². The van der Waals surface area contributed by atoms with E-state index in [-0.39, 0.29) is 34.4 Å². The van der Waals surface area contributed by atoms with Gasteiger partial charge in [0.05, 0.1) is 11.7 Å². The molecule has 0 unspecified atom stereocenters. The van der Waals surface area contributed by atoms with Gasteiger partial charge in [-0.25, -0.2) is 19.2 Å². The molecule has 0 bridgehead atoms. The number of benzene rings is 1. The fourth-order valence-corrected chi connectivity index (χ4v) is 2.62. The first-order valence-corrected chi connectivity index (χ1v) is 7.85. The summed E-state index contributed by atoms with van der Waals surface area (Å²) in [5.41, 5.74) is 7.04. The van der Waals surface area contributed by atoms with E-state index in [1.165, 1.54) is 37.3 Å². The zero-order valence-corrected chi connectivity index (χ0v) is 14.9. The molecule has 0 aliphatic heterocycles. The molecule has 0 saturated heterocycles. The average Bonchev–Trinajstić information content (AvgIpc) is 3.00. The molecule has 27 heavy (non-hydrogen) atoms. The second-order valence-corrected chi connectivity index (χ2v) is 5.48. The smallest absolute Gasteiger partial charge is 0.325 e. The highest BCUT2D eigenvalue weighted by Crippen LogP contribution is 2.32. The Morgan fingerprint density at radius 2 is 2.19 bits per heavy atom. The summed E-state index contributed by atoms with van der Waals surface area (Å²) in [5, 5.41) is 6.37. The number of nitrogens with one attached hydrogen (secondary N) is 1. The van der Waals surface area contributed by atoms with E-state index < -0.39 is 5.82 Å². The Morgan fingerprint density at radius 3 is 2.89 bits per heavy atom. The summed E-state index contributed by atoms with van der Waals surface area (Å²) >= 11 is 0. The van der Waals surface area contributed by atoms with Gasteiger partial charge in [-0.3, -0.25) is 4.57 Å². The third kappa shape index (κ3) is 3.24. The van der Waals surface area contributed by atoms with E-state index >= 15 is 0 Å². The van der Waals surface area contributed by atoms with Gasteiger partial charge >= 0.3 is 6.03 Å². The molecular formula is C17H17FN6O3. The Kier molecular flexibility index (Phi) is 4.88. The Hall–Kier alpha value is -3.69. The predicted molar refractivity (Wildman–Crippen MR) is 97.6 cm³/mol. The maximum atomic E-state index is 15.0. The van der Waals surface area contributed by atoms with Crippen molar-refractivity contribution in [3.05, 3.63) is 41.6 Å². The lowest BCUT2D eigenvalue weighted by Gasteiger charge is -2.10. The summed E-state index contributed by atoms with van der Waals surface area (Å²) in [6.45, 7) is 1.71. The molecule has 2 heterocycles. The second-order valence-electron chi connectivity index (χ2n) is 5.48. The van der Waals surface area contributed by atoms with Crippen LogP contribution in [0.3, 0.4) is 0 Å². The summed E-state index contributed by atoms with van der Waals surface area (Å²) in [7, 11) is 2.87. The van der Waals surface area contributed by atoms with E-state index in [1.807, 2.05) is 0 Å². The first-order chi connectivity index (χ1) is 13.0. The zero-order chi connectivity index (χ0) is 19.6. The number of aromatic nitrogens is 3. The van der Waals surface area contributed by atoms with Crippen molar-refractivity contribution >= 4 is 29.0 Å². The van der Waals surface area contributed by atoms with Gasteiger partial charge < -0.3 is 20.6 Å². The van der Waals surface area contributed by atoms with Crippen LogP contribution in [0.5, 0.6) is 11.6 Å². The van der Waals surface area contributed by atoms with Crippen LogP contribution < -0.4 is 15.8 Å². The number of nitrogens with two attached hydrogens (primary N) is 1. The summed E-state index contributed by atoms with van der Waals surface area (Å²) in [6, 6.07) is 4.20. The predicted octanol–water partition coefficient (Wildman–Crippen LogP) is 2.42. The number of oxime groups is 1. The highest BCUT2D eigenvalue weighted by molar-refractivity contribution is 5.94. The first kappa shape index (κ1) is 18.1. The van der Waals surface area contributed by atoms with E-state index in [0.29, 0.717) is 11.2 Å². The molecule has 0 radical (unpaired) electrons. The number of fused-ring (bicyclic) bond motifs is 1. The van der Waals surface area contributed by atoms with Gasteiger partial charge in [-0.15, -0.1) is 0 Å². The molecule has 1 aromatic carbocycles. The molecule has 2 aromatic heterocycles. The fraction of sp³-hybridized carbons (Fsp3) is 0.176. The van der Waals surface area contributed by atoms with Gasteiger partial charge in [0.15, 0.2) is 11.6 Å². The number of ether oxygens (including phenoxy) is 1. The molecule has 3 rings (SSSR count). The summed E-state index contributed by atoms with van der Waals surface area (Å²) in [4.78, 5) is 24.5. The molecule has 140 valence electrons. The quantitative estimate of drug-likeness (QED) is 0.537. The number of amides is 1. The highest BCUT2D eigenvalue weighted by Gasteiger charge is 2.19. The maximum absolute atomic E-state index is 15.0. The number of nitrogens with zero attached hydrogens (tertiary/aromatic N) is 4. The lowest BCUT2D eigenvalue weighted by molar-refractivity contribution is 0.215.